The van der Waals surface area contributed by atoms with Crippen LogP contribution in [0.3, 0.4) is 0 Å². The van der Waals surface area contributed by atoms with Crippen molar-refractivity contribution in [1.29, 1.82) is 0 Å². The van der Waals surface area contributed by atoms with Crippen LogP contribution in [0.5, 0.6) is 0 Å². The van der Waals surface area contributed by atoms with E-state index in [4.69, 9.17) is 9.90 Å². The van der Waals surface area contributed by atoms with Crippen molar-refractivity contribution in [3.05, 3.63) is 0 Å². The summed E-state index contributed by atoms with van der Waals surface area (Å²) in [6.07, 6.45) is 0. The van der Waals surface area contributed by atoms with Crippen LogP contribution in [0.4, 0.5) is 0 Å². The molecule has 29 valence electrons. The van der Waals surface area contributed by atoms with Gasteiger partial charge in [-0.3, -0.25) is 4.79 Å². The Morgan fingerprint density at radius 3 is 1.60 bits per heavy atom. The Labute approximate surface area is 56.4 Å². The van der Waals surface area contributed by atoms with Crippen LogP contribution in [0.1, 0.15) is 7.43 Å². The zero-order valence-corrected chi connectivity index (χ0v) is 4.85. The predicted octanol–water partition coefficient (Wildman–Crippen LogP) is 0.334. The molecule has 0 aromatic rings. The summed E-state index contributed by atoms with van der Waals surface area (Å²) in [6, 6.07) is 0. The molecule has 0 aromatic carbocycles. The molecule has 0 aliphatic carbocycles. The maximum atomic E-state index is 8.36. The number of hydrogen-bond donors (Lipinski definition) is 1. The Morgan fingerprint density at radius 1 is 1.60 bits per heavy atom. The van der Waals surface area contributed by atoms with Gasteiger partial charge in [-0.2, -0.15) is 0 Å². The minimum atomic E-state index is -0.250. The molecule has 0 saturated carbocycles. The van der Waals surface area contributed by atoms with E-state index < -0.39 is 0 Å². The molecule has 3 heteroatoms. The zero-order chi connectivity index (χ0) is 2.71. The summed E-state index contributed by atoms with van der Waals surface area (Å²) in [5, 5.41) is 6.89. The Bertz CT molecular complexity index is 15.1. The van der Waals surface area contributed by atoms with E-state index in [1.54, 1.807) is 0 Å². The maximum absolute atomic E-state index is 8.36. The van der Waals surface area contributed by atoms with E-state index in [1.807, 2.05) is 0 Å². The largest absolute Gasteiger partial charge is 0.483 e. The number of rotatable bonds is 0. The Morgan fingerprint density at radius 2 is 1.60 bits per heavy atom. The Hall–Kier alpha value is 0.574. The third-order valence-electron chi connectivity index (χ3n) is 0. The van der Waals surface area contributed by atoms with Crippen LogP contribution in [0.2, 0.25) is 0 Å². The van der Waals surface area contributed by atoms with Crippen molar-refractivity contribution < 1.29 is 42.6 Å². The van der Waals surface area contributed by atoms with Gasteiger partial charge < -0.3 is 5.11 Å². The Balaban J connectivity index is -0.0000000200. The molecule has 1 N–H and O–H groups in total. The van der Waals surface area contributed by atoms with Gasteiger partial charge in [-0.15, -0.1) is 0 Å². The molecule has 0 heterocycles. The standard InChI is InChI=1S/CH2O2.CH4.Y/c2-1-3;;/h1H,(H,2,3);1H4;. The first kappa shape index (κ1) is 17.6. The summed E-state index contributed by atoms with van der Waals surface area (Å²) in [5.74, 6) is 0. The van der Waals surface area contributed by atoms with Crippen molar-refractivity contribution in [2.45, 2.75) is 7.43 Å². The smallest absolute Gasteiger partial charge is 0.290 e. The number of carboxylic acid groups (broad SMARTS) is 1. The molecular weight excluding hydrogens is 145 g/mol. The quantitative estimate of drug-likeness (QED) is 0.506. The van der Waals surface area contributed by atoms with Crippen molar-refractivity contribution in [3.63, 3.8) is 0 Å². The fourth-order valence-corrected chi connectivity index (χ4v) is 0. The monoisotopic (exact) mass is 151 g/mol. The SMILES string of the molecule is C.O=CO.[Y]. The van der Waals surface area contributed by atoms with Gasteiger partial charge >= 0.3 is 0 Å². The predicted molar refractivity (Wildman–Crippen MR) is 15.4 cm³/mol. The number of hydrogen-bond acceptors (Lipinski definition) is 1. The molecule has 0 rings (SSSR count). The maximum Gasteiger partial charge on any atom is 0.290 e. The van der Waals surface area contributed by atoms with E-state index in [0.29, 0.717) is 0 Å². The topological polar surface area (TPSA) is 37.3 Å². The first-order valence-corrected chi connectivity index (χ1v) is 0.494. The Kier molecular flexibility index (Phi) is 83.0. The molecule has 5 heavy (non-hydrogen) atoms. The average molecular weight is 151 g/mol. The number of carbonyl (C=O) groups is 1. The summed E-state index contributed by atoms with van der Waals surface area (Å²) >= 11 is 0. The van der Waals surface area contributed by atoms with Crippen LogP contribution in [0, 0.1) is 0 Å². The van der Waals surface area contributed by atoms with Gasteiger partial charge in [-0.1, -0.05) is 7.43 Å². The second-order valence-electron chi connectivity index (χ2n) is 0.105. The molecule has 0 aliphatic rings. The normalized spacial score (nSPS) is 2.40. The van der Waals surface area contributed by atoms with Crippen molar-refractivity contribution in [3.8, 4) is 0 Å². The molecule has 1 radical (unpaired) electrons. The van der Waals surface area contributed by atoms with E-state index in [-0.39, 0.29) is 46.6 Å². The van der Waals surface area contributed by atoms with Gasteiger partial charge in [0.05, 0.1) is 0 Å². The fraction of sp³-hybridized carbons (Fsp3) is 0.500. The first-order valence-electron chi connectivity index (χ1n) is 0.494. The molecule has 0 atom stereocenters. The molecule has 0 unspecified atom stereocenters. The van der Waals surface area contributed by atoms with Crippen molar-refractivity contribution in [2.75, 3.05) is 0 Å². The third-order valence-corrected chi connectivity index (χ3v) is 0. The van der Waals surface area contributed by atoms with Gasteiger partial charge in [-0.25, -0.2) is 0 Å². The molecule has 0 spiro atoms. The molecule has 0 saturated heterocycles. The van der Waals surface area contributed by atoms with Gasteiger partial charge in [0, 0.05) is 32.7 Å². The van der Waals surface area contributed by atoms with E-state index >= 15 is 0 Å². The summed E-state index contributed by atoms with van der Waals surface area (Å²) < 4.78 is 0. The van der Waals surface area contributed by atoms with Crippen molar-refractivity contribution in [1.82, 2.24) is 0 Å². The van der Waals surface area contributed by atoms with Crippen LogP contribution in [-0.4, -0.2) is 11.6 Å². The molecular formula is C2H6O2Y. The summed E-state index contributed by atoms with van der Waals surface area (Å²) in [7, 11) is 0. The van der Waals surface area contributed by atoms with Crippen LogP contribution in [-0.2, 0) is 37.5 Å². The van der Waals surface area contributed by atoms with Crippen LogP contribution < -0.4 is 0 Å². The molecule has 0 aromatic heterocycles. The molecule has 0 aliphatic heterocycles. The van der Waals surface area contributed by atoms with Gasteiger partial charge in [0.25, 0.3) is 6.47 Å². The zero-order valence-electron chi connectivity index (χ0n) is 2.01. The van der Waals surface area contributed by atoms with Gasteiger partial charge in [0.15, 0.2) is 0 Å². The van der Waals surface area contributed by atoms with Crippen molar-refractivity contribution in [2.24, 2.45) is 0 Å². The molecule has 0 bridgehead atoms. The van der Waals surface area contributed by atoms with Crippen LogP contribution in [0.25, 0.3) is 0 Å². The van der Waals surface area contributed by atoms with Gasteiger partial charge in [0.2, 0.25) is 0 Å². The first-order chi connectivity index (χ1) is 1.41. The van der Waals surface area contributed by atoms with Gasteiger partial charge in [-0.05, 0) is 0 Å². The summed E-state index contributed by atoms with van der Waals surface area (Å²) in [5.41, 5.74) is 0. The van der Waals surface area contributed by atoms with E-state index in [2.05, 4.69) is 0 Å². The molecule has 2 nitrogen and oxygen atoms in total. The second kappa shape index (κ2) is 23.6. The third kappa shape index (κ3) is 92.0. The van der Waals surface area contributed by atoms with E-state index in [0.717, 1.165) is 0 Å². The molecule has 0 amide bonds. The minimum absolute atomic E-state index is 0. The van der Waals surface area contributed by atoms with Crippen LogP contribution >= 0.6 is 0 Å². The minimum Gasteiger partial charge on any atom is -0.483 e. The summed E-state index contributed by atoms with van der Waals surface area (Å²) in [4.78, 5) is 8.36. The summed E-state index contributed by atoms with van der Waals surface area (Å²) in [6.45, 7) is -0.250. The van der Waals surface area contributed by atoms with Crippen LogP contribution in [0.15, 0.2) is 0 Å². The van der Waals surface area contributed by atoms with E-state index in [1.165, 1.54) is 0 Å². The fourth-order valence-electron chi connectivity index (χ4n) is 0. The van der Waals surface area contributed by atoms with Crippen molar-refractivity contribution >= 4 is 6.47 Å². The molecule has 0 fully saturated rings. The van der Waals surface area contributed by atoms with Gasteiger partial charge in [0.1, 0.15) is 0 Å². The van der Waals surface area contributed by atoms with E-state index in [9.17, 15) is 0 Å². The average Bonchev–Trinajstić information content (AvgIpc) is 0.918. The second-order valence-corrected chi connectivity index (χ2v) is 0.105.